The van der Waals surface area contributed by atoms with E-state index in [1.165, 1.54) is 5.70 Å². The third kappa shape index (κ3) is 6.81. The Hall–Kier alpha value is -3.11. The second kappa shape index (κ2) is 14.6. The van der Waals surface area contributed by atoms with E-state index < -0.39 is 5.41 Å². The second-order valence-electron chi connectivity index (χ2n) is 9.52. The maximum Gasteiger partial charge on any atom is 0.237 e. The van der Waals surface area contributed by atoms with E-state index in [9.17, 15) is 4.79 Å². The van der Waals surface area contributed by atoms with Gasteiger partial charge in [-0.1, -0.05) is 99.3 Å². The van der Waals surface area contributed by atoms with Crippen LogP contribution < -0.4 is 0 Å². The number of benzene rings is 2. The van der Waals surface area contributed by atoms with Crippen LogP contribution in [-0.4, -0.2) is 66.4 Å². The molecular weight excluding hydrogens is 454 g/mol. The van der Waals surface area contributed by atoms with Crippen molar-refractivity contribution in [3.05, 3.63) is 108 Å². The van der Waals surface area contributed by atoms with Gasteiger partial charge in [-0.05, 0) is 49.9 Å². The Balaban J connectivity index is 0.00000186. The number of hydrogen-bond donors (Lipinski definition) is 0. The summed E-state index contributed by atoms with van der Waals surface area (Å²) in [5, 5.41) is 0. The van der Waals surface area contributed by atoms with Gasteiger partial charge < -0.3 is 9.80 Å². The van der Waals surface area contributed by atoms with E-state index in [4.69, 9.17) is 0 Å². The highest BCUT2D eigenvalue weighted by Crippen LogP contribution is 2.39. The summed E-state index contributed by atoms with van der Waals surface area (Å²) in [7, 11) is 0. The molecule has 198 valence electrons. The Bertz CT molecular complexity index is 975. The largest absolute Gasteiger partial charge is 0.369 e. The molecular formula is C33H45N3O. The van der Waals surface area contributed by atoms with Gasteiger partial charge in [0.05, 0.1) is 0 Å². The van der Waals surface area contributed by atoms with Crippen LogP contribution in [0.15, 0.2) is 97.2 Å². The molecule has 37 heavy (non-hydrogen) atoms. The fourth-order valence-electron chi connectivity index (χ4n) is 5.55. The Morgan fingerprint density at radius 1 is 0.838 bits per heavy atom. The summed E-state index contributed by atoms with van der Waals surface area (Å²) in [6.07, 6.45) is 11.1. The molecule has 0 bridgehead atoms. The molecule has 2 aromatic carbocycles. The van der Waals surface area contributed by atoms with Gasteiger partial charge in [-0.2, -0.15) is 0 Å². The van der Waals surface area contributed by atoms with Crippen molar-refractivity contribution in [3.63, 3.8) is 0 Å². The van der Waals surface area contributed by atoms with Crippen LogP contribution >= 0.6 is 0 Å². The molecule has 0 spiro atoms. The molecule has 1 amide bonds. The first-order valence-corrected chi connectivity index (χ1v) is 14.0. The number of amides is 1. The maximum absolute atomic E-state index is 14.3. The number of carbonyl (C=O) groups excluding carboxylic acids is 1. The molecule has 2 saturated heterocycles. The van der Waals surface area contributed by atoms with Crippen LogP contribution in [0.2, 0.25) is 0 Å². The summed E-state index contributed by atoms with van der Waals surface area (Å²) < 4.78 is 0. The Kier molecular flexibility index (Phi) is 11.2. The average Bonchev–Trinajstić information content (AvgIpc) is 3.52. The van der Waals surface area contributed by atoms with E-state index in [1.54, 1.807) is 0 Å². The zero-order valence-corrected chi connectivity index (χ0v) is 23.1. The monoisotopic (exact) mass is 499 g/mol. The molecule has 0 atom stereocenters. The summed E-state index contributed by atoms with van der Waals surface area (Å²) in [6.45, 7) is 16.5. The lowest BCUT2D eigenvalue weighted by Gasteiger charge is -2.41. The van der Waals surface area contributed by atoms with E-state index in [-0.39, 0.29) is 5.91 Å². The third-order valence-corrected chi connectivity index (χ3v) is 7.53. The minimum atomic E-state index is -0.662. The van der Waals surface area contributed by atoms with Crippen LogP contribution in [0.5, 0.6) is 0 Å². The van der Waals surface area contributed by atoms with Crippen LogP contribution in [-0.2, 0) is 10.2 Å². The molecule has 2 aromatic rings. The van der Waals surface area contributed by atoms with Gasteiger partial charge in [0.1, 0.15) is 5.41 Å². The molecule has 2 aliphatic heterocycles. The zero-order valence-electron chi connectivity index (χ0n) is 23.1. The first kappa shape index (κ1) is 28.5. The highest BCUT2D eigenvalue weighted by atomic mass is 16.2. The quantitative estimate of drug-likeness (QED) is 0.380. The first-order chi connectivity index (χ1) is 18.2. The molecule has 0 saturated carbocycles. The second-order valence-corrected chi connectivity index (χ2v) is 9.52. The van der Waals surface area contributed by atoms with E-state index in [1.807, 2.05) is 38.1 Å². The van der Waals surface area contributed by atoms with Gasteiger partial charge in [-0.25, -0.2) is 0 Å². The number of carbonyl (C=O) groups is 1. The molecule has 0 unspecified atom stereocenters. The normalized spacial score (nSPS) is 17.0. The number of nitrogens with zero attached hydrogens (tertiary/aromatic N) is 3. The van der Waals surface area contributed by atoms with Crippen molar-refractivity contribution in [2.45, 2.75) is 45.4 Å². The first-order valence-electron chi connectivity index (χ1n) is 14.0. The fraction of sp³-hybridized carbons (Fsp3) is 0.424. The Morgan fingerprint density at radius 3 is 1.86 bits per heavy atom. The van der Waals surface area contributed by atoms with Gasteiger partial charge in [-0.3, -0.25) is 9.69 Å². The molecule has 4 heteroatoms. The third-order valence-electron chi connectivity index (χ3n) is 7.53. The molecule has 0 aliphatic carbocycles. The SMILES string of the molecule is C=C/C=C\C(=C/C)N1CCN(CCC(C(=O)N2CCCC2)(c2ccccc2)c2ccccc2)CC1.CC. The maximum atomic E-state index is 14.3. The fourth-order valence-corrected chi connectivity index (χ4v) is 5.55. The Labute approximate surface area is 225 Å². The molecule has 0 aromatic heterocycles. The molecule has 0 N–H and O–H groups in total. The van der Waals surface area contributed by atoms with Gasteiger partial charge >= 0.3 is 0 Å². The van der Waals surface area contributed by atoms with Crippen molar-refractivity contribution in [2.24, 2.45) is 0 Å². The number of likely N-dealkylation sites (tertiary alicyclic amines) is 1. The minimum Gasteiger partial charge on any atom is -0.369 e. The van der Waals surface area contributed by atoms with E-state index in [0.29, 0.717) is 0 Å². The summed E-state index contributed by atoms with van der Waals surface area (Å²) in [6, 6.07) is 20.9. The van der Waals surface area contributed by atoms with Gasteiger partial charge in [0.15, 0.2) is 0 Å². The standard InChI is InChI=1S/C31H39N3O.C2H6/c1-3-5-18-29(4-2)33-25-23-32(24-26-33)22-19-31(27-14-8-6-9-15-27,28-16-10-7-11-17-28)30(35)34-20-12-13-21-34;1-2/h3-11,14-18H,1,12-13,19-26H2,2H3;1-2H3/b18-5-,29-4+;. The van der Waals surface area contributed by atoms with E-state index in [2.05, 4.69) is 88.9 Å². The lowest BCUT2D eigenvalue weighted by Crippen LogP contribution is -2.51. The molecule has 4 rings (SSSR count). The molecule has 2 heterocycles. The summed E-state index contributed by atoms with van der Waals surface area (Å²) in [5.41, 5.74) is 2.79. The lowest BCUT2D eigenvalue weighted by molar-refractivity contribution is -0.135. The average molecular weight is 500 g/mol. The van der Waals surface area contributed by atoms with Crippen LogP contribution in [0.3, 0.4) is 0 Å². The van der Waals surface area contributed by atoms with Gasteiger partial charge in [-0.15, -0.1) is 0 Å². The number of piperazine rings is 1. The Morgan fingerprint density at radius 2 is 1.38 bits per heavy atom. The van der Waals surface area contributed by atoms with Crippen molar-refractivity contribution in [1.29, 1.82) is 0 Å². The van der Waals surface area contributed by atoms with Crippen molar-refractivity contribution < 1.29 is 4.79 Å². The number of rotatable bonds is 9. The van der Waals surface area contributed by atoms with Crippen molar-refractivity contribution >= 4 is 5.91 Å². The highest BCUT2D eigenvalue weighted by Gasteiger charge is 2.45. The van der Waals surface area contributed by atoms with E-state index in [0.717, 1.165) is 76.2 Å². The van der Waals surface area contributed by atoms with Gasteiger partial charge in [0, 0.05) is 45.0 Å². The number of allylic oxidation sites excluding steroid dienone is 4. The van der Waals surface area contributed by atoms with Gasteiger partial charge in [0.2, 0.25) is 5.91 Å². The summed E-state index contributed by atoms with van der Waals surface area (Å²) in [4.78, 5) is 21.4. The predicted octanol–water partition coefficient (Wildman–Crippen LogP) is 6.28. The molecule has 2 fully saturated rings. The smallest absolute Gasteiger partial charge is 0.237 e. The molecule has 2 aliphatic rings. The van der Waals surface area contributed by atoms with Crippen LogP contribution in [0, 0.1) is 0 Å². The van der Waals surface area contributed by atoms with Crippen LogP contribution in [0.4, 0.5) is 0 Å². The molecule has 4 nitrogen and oxygen atoms in total. The van der Waals surface area contributed by atoms with Crippen molar-refractivity contribution in [3.8, 4) is 0 Å². The van der Waals surface area contributed by atoms with Crippen molar-refractivity contribution in [2.75, 3.05) is 45.8 Å². The van der Waals surface area contributed by atoms with Gasteiger partial charge in [0.25, 0.3) is 0 Å². The summed E-state index contributed by atoms with van der Waals surface area (Å²) >= 11 is 0. The summed E-state index contributed by atoms with van der Waals surface area (Å²) in [5.74, 6) is 0.261. The van der Waals surface area contributed by atoms with Crippen molar-refractivity contribution in [1.82, 2.24) is 14.7 Å². The molecule has 0 radical (unpaired) electrons. The predicted molar refractivity (Wildman–Crippen MR) is 157 cm³/mol. The topological polar surface area (TPSA) is 26.8 Å². The zero-order chi connectivity index (χ0) is 26.5. The minimum absolute atomic E-state index is 0.261. The van der Waals surface area contributed by atoms with Crippen LogP contribution in [0.25, 0.3) is 0 Å². The van der Waals surface area contributed by atoms with Crippen LogP contribution in [0.1, 0.15) is 51.2 Å². The number of hydrogen-bond acceptors (Lipinski definition) is 3. The lowest BCUT2D eigenvalue weighted by atomic mass is 9.70. The highest BCUT2D eigenvalue weighted by molar-refractivity contribution is 5.92. The van der Waals surface area contributed by atoms with E-state index >= 15 is 0 Å².